The van der Waals surface area contributed by atoms with Crippen LogP contribution in [0, 0.1) is 13.8 Å². The van der Waals surface area contributed by atoms with Crippen LogP contribution in [0.25, 0.3) is 22.3 Å². The molecule has 226 valence electrons. The minimum atomic E-state index is -0.273. The van der Waals surface area contributed by atoms with Crippen molar-refractivity contribution in [2.45, 2.75) is 47.1 Å². The van der Waals surface area contributed by atoms with E-state index in [1.54, 1.807) is 19.4 Å². The summed E-state index contributed by atoms with van der Waals surface area (Å²) in [6.07, 6.45) is 1.62. The lowest BCUT2D eigenvalue weighted by Crippen LogP contribution is -2.21. The highest BCUT2D eigenvalue weighted by Crippen LogP contribution is 2.36. The van der Waals surface area contributed by atoms with Crippen molar-refractivity contribution in [3.05, 3.63) is 115 Å². The summed E-state index contributed by atoms with van der Waals surface area (Å²) in [7, 11) is 1.60. The average Bonchev–Trinajstić information content (AvgIpc) is 3.00. The molecule has 0 radical (unpaired) electrons. The first-order valence-corrected chi connectivity index (χ1v) is 15.4. The molecule has 0 atom stereocenters. The molecule has 8 heteroatoms. The van der Waals surface area contributed by atoms with Gasteiger partial charge in [0.15, 0.2) is 17.3 Å². The molecule has 0 fully saturated rings. The van der Waals surface area contributed by atoms with Crippen LogP contribution in [0.4, 0.5) is 0 Å². The largest absolute Gasteiger partial charge is 0.494 e. The lowest BCUT2D eigenvalue weighted by Gasteiger charge is -2.18. The quantitative estimate of drug-likeness (QED) is 0.141. The topological polar surface area (TPSA) is 74.9 Å². The molecule has 1 aromatic heterocycles. The highest BCUT2D eigenvalue weighted by atomic mass is 79.9. The maximum Gasteiger partial charge on any atom is 0.282 e. The van der Waals surface area contributed by atoms with Gasteiger partial charge < -0.3 is 14.2 Å². The predicted molar refractivity (Wildman–Crippen MR) is 181 cm³/mol. The fourth-order valence-electron chi connectivity index (χ4n) is 5.14. The molecule has 0 aliphatic carbocycles. The second-order valence-corrected chi connectivity index (χ2v) is 11.8. The molecule has 44 heavy (non-hydrogen) atoms. The molecule has 0 unspecified atom stereocenters. The molecule has 5 aromatic rings. The second-order valence-electron chi connectivity index (χ2n) is 10.9. The third-order valence-corrected chi connectivity index (χ3v) is 7.78. The van der Waals surface area contributed by atoms with Crippen LogP contribution in [0.2, 0.25) is 0 Å². The van der Waals surface area contributed by atoms with Crippen molar-refractivity contribution in [1.82, 2.24) is 9.66 Å². The zero-order valence-electron chi connectivity index (χ0n) is 25.8. The van der Waals surface area contributed by atoms with Gasteiger partial charge in [0.05, 0.1) is 30.8 Å². The number of aromatic nitrogens is 2. The number of aryl methyl sites for hydroxylation is 2. The van der Waals surface area contributed by atoms with Crippen molar-refractivity contribution < 1.29 is 14.2 Å². The standard InChI is InChI=1S/C36H36BrN3O4/c1-7-43-32-16-24(5)30(19-29(32)22(2)3)35-39-31-14-9-8-13-28(31)36(41)40(35)38-20-26-17-27(37)18-33(42-6)34(26)44-21-25-12-10-11-23(4)15-25/h8-20,22H,7,21H2,1-6H3. The van der Waals surface area contributed by atoms with Gasteiger partial charge in [0.25, 0.3) is 5.56 Å². The number of rotatable bonds is 10. The van der Waals surface area contributed by atoms with E-state index >= 15 is 0 Å². The molecule has 5 rings (SSSR count). The smallest absolute Gasteiger partial charge is 0.282 e. The molecule has 1 heterocycles. The third kappa shape index (κ3) is 6.55. The zero-order chi connectivity index (χ0) is 31.4. The van der Waals surface area contributed by atoms with Gasteiger partial charge in [0, 0.05) is 15.6 Å². The van der Waals surface area contributed by atoms with E-state index in [0.29, 0.717) is 47.0 Å². The molecule has 0 amide bonds. The van der Waals surface area contributed by atoms with Crippen molar-refractivity contribution in [2.75, 3.05) is 13.7 Å². The van der Waals surface area contributed by atoms with Gasteiger partial charge >= 0.3 is 0 Å². The van der Waals surface area contributed by atoms with Crippen LogP contribution in [0.15, 0.2) is 87.2 Å². The maximum absolute atomic E-state index is 14.0. The molecule has 0 bridgehead atoms. The summed E-state index contributed by atoms with van der Waals surface area (Å²) in [5.74, 6) is 2.53. The Morgan fingerprint density at radius 2 is 1.77 bits per heavy atom. The summed E-state index contributed by atoms with van der Waals surface area (Å²) < 4.78 is 20.1. The highest BCUT2D eigenvalue weighted by molar-refractivity contribution is 9.10. The first-order chi connectivity index (χ1) is 21.2. The maximum atomic E-state index is 14.0. The Kier molecular flexibility index (Phi) is 9.49. The Morgan fingerprint density at radius 3 is 2.50 bits per heavy atom. The van der Waals surface area contributed by atoms with Crippen molar-refractivity contribution >= 4 is 33.0 Å². The lowest BCUT2D eigenvalue weighted by molar-refractivity contribution is 0.284. The Balaban J connectivity index is 1.67. The number of ether oxygens (including phenoxy) is 3. The van der Waals surface area contributed by atoms with Crippen molar-refractivity contribution in [2.24, 2.45) is 5.10 Å². The SMILES string of the molecule is CCOc1cc(C)c(-c2nc3ccccc3c(=O)n2N=Cc2cc(Br)cc(OC)c2OCc2cccc(C)c2)cc1C(C)C. The fourth-order valence-corrected chi connectivity index (χ4v) is 5.60. The van der Waals surface area contributed by atoms with Crippen molar-refractivity contribution in [3.63, 3.8) is 0 Å². The number of methoxy groups -OCH3 is 1. The normalized spacial score (nSPS) is 11.5. The van der Waals surface area contributed by atoms with Crippen LogP contribution in [0.1, 0.15) is 54.5 Å². The van der Waals surface area contributed by atoms with Crippen LogP contribution < -0.4 is 19.8 Å². The zero-order valence-corrected chi connectivity index (χ0v) is 27.4. The minimum absolute atomic E-state index is 0.197. The van der Waals surface area contributed by atoms with E-state index in [-0.39, 0.29) is 11.5 Å². The number of halogens is 1. The molecular formula is C36H36BrN3O4. The van der Waals surface area contributed by atoms with Gasteiger partial charge in [-0.05, 0) is 79.8 Å². The van der Waals surface area contributed by atoms with Gasteiger partial charge in [-0.15, -0.1) is 0 Å². The Hall–Kier alpha value is -4.43. The summed E-state index contributed by atoms with van der Waals surface area (Å²) in [6, 6.07) is 23.3. The Labute approximate surface area is 266 Å². The van der Waals surface area contributed by atoms with Gasteiger partial charge in [-0.25, -0.2) is 4.98 Å². The van der Waals surface area contributed by atoms with Gasteiger partial charge in [-0.1, -0.05) is 71.7 Å². The summed E-state index contributed by atoms with van der Waals surface area (Å²) in [6.45, 7) is 11.2. The first-order valence-electron chi connectivity index (χ1n) is 14.6. The predicted octanol–water partition coefficient (Wildman–Crippen LogP) is 8.43. The van der Waals surface area contributed by atoms with Crippen LogP contribution in [-0.4, -0.2) is 29.6 Å². The number of nitrogens with zero attached hydrogens (tertiary/aromatic N) is 3. The monoisotopic (exact) mass is 653 g/mol. The molecule has 0 aliphatic rings. The molecule has 0 aliphatic heterocycles. The molecule has 0 saturated heterocycles. The summed E-state index contributed by atoms with van der Waals surface area (Å²) >= 11 is 3.58. The molecule has 7 nitrogen and oxygen atoms in total. The van der Waals surface area contributed by atoms with E-state index in [1.807, 2.05) is 75.4 Å². The van der Waals surface area contributed by atoms with E-state index in [2.05, 4.69) is 41.9 Å². The van der Waals surface area contributed by atoms with E-state index in [4.69, 9.17) is 24.3 Å². The lowest BCUT2D eigenvalue weighted by atomic mass is 9.96. The highest BCUT2D eigenvalue weighted by Gasteiger charge is 2.19. The molecule has 0 spiro atoms. The van der Waals surface area contributed by atoms with Crippen molar-refractivity contribution in [1.29, 1.82) is 0 Å². The van der Waals surface area contributed by atoms with E-state index < -0.39 is 0 Å². The number of hydrogen-bond acceptors (Lipinski definition) is 6. The van der Waals surface area contributed by atoms with Crippen LogP contribution in [-0.2, 0) is 6.61 Å². The molecule has 0 N–H and O–H groups in total. The minimum Gasteiger partial charge on any atom is -0.494 e. The number of fused-ring (bicyclic) bond motifs is 1. The van der Waals surface area contributed by atoms with E-state index in [0.717, 1.165) is 38.0 Å². The molecule has 4 aromatic carbocycles. The van der Waals surface area contributed by atoms with Gasteiger partial charge in [-0.3, -0.25) is 4.79 Å². The van der Waals surface area contributed by atoms with E-state index in [9.17, 15) is 4.79 Å². The third-order valence-electron chi connectivity index (χ3n) is 7.32. The number of benzene rings is 4. The van der Waals surface area contributed by atoms with Crippen LogP contribution in [0.3, 0.4) is 0 Å². The average molecular weight is 655 g/mol. The Bertz CT molecular complexity index is 1910. The molecular weight excluding hydrogens is 618 g/mol. The number of para-hydroxylation sites is 1. The number of hydrogen-bond donors (Lipinski definition) is 0. The first kappa shape index (κ1) is 31.0. The molecule has 0 saturated carbocycles. The van der Waals surface area contributed by atoms with Gasteiger partial charge in [-0.2, -0.15) is 9.78 Å². The van der Waals surface area contributed by atoms with Crippen molar-refractivity contribution in [3.8, 4) is 28.6 Å². The Morgan fingerprint density at radius 1 is 0.977 bits per heavy atom. The fraction of sp³-hybridized carbons (Fsp3) is 0.250. The van der Waals surface area contributed by atoms with Gasteiger partial charge in [0.1, 0.15) is 12.4 Å². The van der Waals surface area contributed by atoms with Crippen LogP contribution in [0.5, 0.6) is 17.2 Å². The van der Waals surface area contributed by atoms with Crippen LogP contribution >= 0.6 is 15.9 Å². The summed E-state index contributed by atoms with van der Waals surface area (Å²) in [5, 5.41) is 5.23. The second kappa shape index (κ2) is 13.5. The summed E-state index contributed by atoms with van der Waals surface area (Å²) in [4.78, 5) is 18.9. The van der Waals surface area contributed by atoms with Gasteiger partial charge in [0.2, 0.25) is 0 Å². The summed E-state index contributed by atoms with van der Waals surface area (Å²) in [5.41, 5.74) is 5.92. The van der Waals surface area contributed by atoms with E-state index in [1.165, 1.54) is 4.68 Å².